The Morgan fingerprint density at radius 2 is 2.21 bits per heavy atom. The highest BCUT2D eigenvalue weighted by Gasteiger charge is 2.19. The number of amides is 1. The lowest BCUT2D eigenvalue weighted by Crippen LogP contribution is -2.14. The predicted octanol–water partition coefficient (Wildman–Crippen LogP) is 2.65. The van der Waals surface area contributed by atoms with Gasteiger partial charge in [0.15, 0.2) is 11.0 Å². The van der Waals surface area contributed by atoms with Crippen LogP contribution in [0.15, 0.2) is 35.5 Å². The third-order valence-corrected chi connectivity index (χ3v) is 4.21. The first-order valence-corrected chi connectivity index (χ1v) is 7.56. The minimum absolute atomic E-state index is 0.0875. The molecule has 0 aliphatic rings. The Kier molecular flexibility index (Phi) is 4.21. The fourth-order valence-electron chi connectivity index (χ4n) is 2.02. The van der Waals surface area contributed by atoms with E-state index in [4.69, 9.17) is 0 Å². The highest BCUT2D eigenvalue weighted by molar-refractivity contribution is 7.19. The van der Waals surface area contributed by atoms with Crippen molar-refractivity contribution in [1.82, 2.24) is 19.5 Å². The molecule has 1 amide bonds. The number of H-pyrrole nitrogens is 1. The lowest BCUT2D eigenvalue weighted by Gasteiger charge is -2.04. The lowest BCUT2D eigenvalue weighted by molar-refractivity contribution is 0.0720. The number of imidazole rings is 1. The summed E-state index contributed by atoms with van der Waals surface area (Å²) in [5.41, 5.74) is 0.403. The Morgan fingerprint density at radius 1 is 1.42 bits per heavy atom. The number of aromatic nitrogens is 4. The van der Waals surface area contributed by atoms with Gasteiger partial charge >= 0.3 is 6.55 Å². The number of hydrogen-bond acceptors (Lipinski definition) is 5. The Balaban J connectivity index is 1.86. The van der Waals surface area contributed by atoms with E-state index in [1.54, 1.807) is 6.92 Å². The van der Waals surface area contributed by atoms with E-state index in [1.165, 1.54) is 30.7 Å². The van der Waals surface area contributed by atoms with Crippen molar-refractivity contribution in [3.05, 3.63) is 52.3 Å². The van der Waals surface area contributed by atoms with Gasteiger partial charge in [0.25, 0.3) is 5.91 Å². The van der Waals surface area contributed by atoms with Crippen molar-refractivity contribution in [3.8, 4) is 10.7 Å². The van der Waals surface area contributed by atoms with Crippen LogP contribution in [-0.2, 0) is 0 Å². The number of carbonyl (C=O) groups is 1. The number of anilines is 1. The molecule has 0 radical (unpaired) electrons. The topological polar surface area (TPSA) is 92.7 Å². The molecule has 3 aromatic rings. The lowest BCUT2D eigenvalue weighted by atomic mass is 10.3. The van der Waals surface area contributed by atoms with Crippen LogP contribution < -0.4 is 10.9 Å². The zero-order valence-electron chi connectivity index (χ0n) is 12.3. The molecule has 3 aromatic heterocycles. The van der Waals surface area contributed by atoms with Crippen molar-refractivity contribution in [2.75, 3.05) is 5.32 Å². The number of halogens is 2. The monoisotopic (exact) mass is 351 g/mol. The number of aryl methyl sites for hydroxylation is 1. The Hall–Kier alpha value is -2.88. The maximum absolute atomic E-state index is 13.0. The standard InChI is InChI=1S/C14H11F2N5O2S/c1-7-10(11-17-4-5-21(11)13(15)16)24-14(19-7)20-12(23)8-2-3-9(22)18-6-8/h2-6,13H,1H3,(H,18,22)(H,19,20,23). The molecule has 0 aromatic carbocycles. The van der Waals surface area contributed by atoms with Gasteiger partial charge < -0.3 is 4.98 Å². The Morgan fingerprint density at radius 3 is 2.88 bits per heavy atom. The van der Waals surface area contributed by atoms with Gasteiger partial charge in [0.1, 0.15) is 0 Å². The SMILES string of the molecule is Cc1nc(NC(=O)c2ccc(=O)[nH]c2)sc1-c1nccn1C(F)F. The van der Waals surface area contributed by atoms with E-state index in [1.807, 2.05) is 0 Å². The summed E-state index contributed by atoms with van der Waals surface area (Å²) in [4.78, 5) is 34.0. The molecule has 24 heavy (non-hydrogen) atoms. The average molecular weight is 351 g/mol. The number of carbonyl (C=O) groups excluding carboxylic acids is 1. The smallest absolute Gasteiger partial charge is 0.320 e. The zero-order valence-corrected chi connectivity index (χ0v) is 13.1. The minimum Gasteiger partial charge on any atom is -0.328 e. The van der Waals surface area contributed by atoms with Gasteiger partial charge in [0.2, 0.25) is 5.56 Å². The number of alkyl halides is 2. The van der Waals surface area contributed by atoms with Crippen molar-refractivity contribution in [1.29, 1.82) is 0 Å². The van der Waals surface area contributed by atoms with E-state index >= 15 is 0 Å². The van der Waals surface area contributed by atoms with Crippen LogP contribution in [0.1, 0.15) is 22.6 Å². The van der Waals surface area contributed by atoms with Crippen molar-refractivity contribution in [2.45, 2.75) is 13.5 Å². The van der Waals surface area contributed by atoms with Crippen LogP contribution in [0.25, 0.3) is 10.7 Å². The van der Waals surface area contributed by atoms with Gasteiger partial charge in [0, 0.05) is 24.7 Å². The van der Waals surface area contributed by atoms with Gasteiger partial charge in [-0.25, -0.2) is 9.97 Å². The summed E-state index contributed by atoms with van der Waals surface area (Å²) >= 11 is 1.04. The number of hydrogen-bond donors (Lipinski definition) is 2. The first-order chi connectivity index (χ1) is 11.5. The maximum atomic E-state index is 13.0. The van der Waals surface area contributed by atoms with E-state index in [-0.39, 0.29) is 22.1 Å². The molecule has 3 rings (SSSR count). The van der Waals surface area contributed by atoms with Gasteiger partial charge in [-0.05, 0) is 13.0 Å². The molecule has 10 heteroatoms. The van der Waals surface area contributed by atoms with Crippen LogP contribution in [0.3, 0.4) is 0 Å². The number of thiazole rings is 1. The van der Waals surface area contributed by atoms with Crippen molar-refractivity contribution >= 4 is 22.4 Å². The van der Waals surface area contributed by atoms with E-state index in [0.717, 1.165) is 15.9 Å². The number of nitrogens with zero attached hydrogens (tertiary/aromatic N) is 3. The van der Waals surface area contributed by atoms with Crippen LogP contribution in [0, 0.1) is 6.92 Å². The van der Waals surface area contributed by atoms with Crippen LogP contribution in [0.2, 0.25) is 0 Å². The van der Waals surface area contributed by atoms with Crippen LogP contribution in [0.5, 0.6) is 0 Å². The number of rotatable bonds is 4. The predicted molar refractivity (Wildman–Crippen MR) is 84.3 cm³/mol. The molecular weight excluding hydrogens is 340 g/mol. The molecule has 0 aliphatic carbocycles. The van der Waals surface area contributed by atoms with E-state index in [0.29, 0.717) is 10.6 Å². The average Bonchev–Trinajstić information content (AvgIpc) is 3.14. The molecular formula is C14H11F2N5O2S. The quantitative estimate of drug-likeness (QED) is 0.756. The van der Waals surface area contributed by atoms with Crippen LogP contribution in [-0.4, -0.2) is 25.4 Å². The largest absolute Gasteiger partial charge is 0.328 e. The second kappa shape index (κ2) is 6.32. The first kappa shape index (κ1) is 16.0. The number of pyridine rings is 1. The molecule has 0 bridgehead atoms. The van der Waals surface area contributed by atoms with Crippen molar-refractivity contribution in [2.24, 2.45) is 0 Å². The molecule has 0 spiro atoms. The number of nitrogens with one attached hydrogen (secondary N) is 2. The van der Waals surface area contributed by atoms with Gasteiger partial charge in [-0.15, -0.1) is 0 Å². The van der Waals surface area contributed by atoms with Gasteiger partial charge in [-0.2, -0.15) is 8.78 Å². The first-order valence-electron chi connectivity index (χ1n) is 6.74. The summed E-state index contributed by atoms with van der Waals surface area (Å²) in [6.07, 6.45) is 3.74. The molecule has 124 valence electrons. The van der Waals surface area contributed by atoms with Gasteiger partial charge in [-0.3, -0.25) is 19.5 Å². The van der Waals surface area contributed by atoms with Crippen LogP contribution in [0.4, 0.5) is 13.9 Å². The minimum atomic E-state index is -2.72. The second-order valence-electron chi connectivity index (χ2n) is 4.77. The summed E-state index contributed by atoms with van der Waals surface area (Å²) in [6.45, 7) is -1.07. The number of aromatic amines is 1. The summed E-state index contributed by atoms with van der Waals surface area (Å²) in [5.74, 6) is -0.381. The molecule has 0 saturated carbocycles. The molecule has 0 saturated heterocycles. The second-order valence-corrected chi connectivity index (χ2v) is 5.76. The highest BCUT2D eigenvalue weighted by Crippen LogP contribution is 2.33. The molecule has 0 fully saturated rings. The Labute approximate surface area is 138 Å². The van der Waals surface area contributed by atoms with Crippen LogP contribution >= 0.6 is 11.3 Å². The molecule has 0 aliphatic heterocycles. The molecule has 3 heterocycles. The summed E-state index contributed by atoms with van der Waals surface area (Å²) in [6, 6.07) is 2.60. The molecule has 7 nitrogen and oxygen atoms in total. The molecule has 0 atom stereocenters. The zero-order chi connectivity index (χ0) is 17.3. The van der Waals surface area contributed by atoms with E-state index in [9.17, 15) is 18.4 Å². The van der Waals surface area contributed by atoms with Gasteiger partial charge in [0.05, 0.1) is 16.1 Å². The van der Waals surface area contributed by atoms with Gasteiger partial charge in [-0.1, -0.05) is 11.3 Å². The summed E-state index contributed by atoms with van der Waals surface area (Å²) in [5, 5.41) is 2.82. The third-order valence-electron chi connectivity index (χ3n) is 3.15. The molecule has 0 unspecified atom stereocenters. The Bertz CT molecular complexity index is 926. The fraction of sp³-hybridized carbons (Fsp3) is 0.143. The highest BCUT2D eigenvalue weighted by atomic mass is 32.1. The van der Waals surface area contributed by atoms with Crippen molar-refractivity contribution < 1.29 is 13.6 Å². The summed E-state index contributed by atoms with van der Waals surface area (Å²) in [7, 11) is 0. The molecule has 2 N–H and O–H groups in total. The van der Waals surface area contributed by atoms with E-state index < -0.39 is 12.5 Å². The third kappa shape index (κ3) is 3.08. The van der Waals surface area contributed by atoms with E-state index in [2.05, 4.69) is 20.3 Å². The fourth-order valence-corrected chi connectivity index (χ4v) is 2.99. The summed E-state index contributed by atoms with van der Waals surface area (Å²) < 4.78 is 26.6. The van der Waals surface area contributed by atoms with Crippen molar-refractivity contribution in [3.63, 3.8) is 0 Å². The normalized spacial score (nSPS) is 11.0. The maximum Gasteiger partial charge on any atom is 0.320 e.